The number of hydrogen-bond acceptors (Lipinski definition) is 4. The minimum atomic E-state index is -3.14. The fourth-order valence-electron chi connectivity index (χ4n) is 2.88. The molecule has 0 aliphatic carbocycles. The number of carbonyl (C=O) groups excluding carboxylic acids is 2. The number of carbonyl (C=O) groups is 2. The van der Waals surface area contributed by atoms with E-state index in [1.807, 2.05) is 6.07 Å². The van der Waals surface area contributed by atoms with Crippen LogP contribution >= 0.6 is 11.6 Å². The summed E-state index contributed by atoms with van der Waals surface area (Å²) in [6, 6.07) is 15.1. The number of rotatable bonds is 5. The summed E-state index contributed by atoms with van der Waals surface area (Å²) in [6.45, 7) is 0. The predicted molar refractivity (Wildman–Crippen MR) is 109 cm³/mol. The summed E-state index contributed by atoms with van der Waals surface area (Å²) < 4.78 is 23.3. The van der Waals surface area contributed by atoms with Crippen molar-refractivity contribution in [1.82, 2.24) is 10.6 Å². The first kappa shape index (κ1) is 20.1. The van der Waals surface area contributed by atoms with Crippen LogP contribution in [0.2, 0.25) is 5.02 Å². The molecule has 1 fully saturated rings. The molecule has 1 saturated heterocycles. The molecule has 1 unspecified atom stereocenters. The Kier molecular flexibility index (Phi) is 6.16. The van der Waals surface area contributed by atoms with E-state index < -0.39 is 27.7 Å². The third kappa shape index (κ3) is 5.21. The molecule has 0 saturated carbocycles. The zero-order valence-electron chi connectivity index (χ0n) is 14.9. The standard InChI is InChI=1S/C20H19ClN2O4S/c21-17-9-5-4-8-16(17)19(24)23-18(12-14-6-2-1-3-7-14)20(25)22-15-10-11-28(26,27)13-15/h1-9,12,15H,10-11,13H2,(H,22,25)(H,23,24)/b18-12+. The van der Waals surface area contributed by atoms with Crippen molar-refractivity contribution in [3.05, 3.63) is 76.4 Å². The van der Waals surface area contributed by atoms with Crippen LogP contribution in [0.15, 0.2) is 60.3 Å². The molecule has 2 aromatic carbocycles. The molecule has 146 valence electrons. The summed E-state index contributed by atoms with van der Waals surface area (Å²) in [5.41, 5.74) is 0.964. The Bertz CT molecular complexity index is 1020. The Hall–Kier alpha value is -2.64. The highest BCUT2D eigenvalue weighted by atomic mass is 35.5. The van der Waals surface area contributed by atoms with Gasteiger partial charge in [0, 0.05) is 6.04 Å². The number of benzene rings is 2. The Morgan fingerprint density at radius 1 is 1.04 bits per heavy atom. The largest absolute Gasteiger partial charge is 0.347 e. The maximum atomic E-state index is 12.7. The second-order valence-corrected chi connectivity index (χ2v) is 9.11. The van der Waals surface area contributed by atoms with E-state index in [1.165, 1.54) is 6.08 Å². The van der Waals surface area contributed by atoms with Gasteiger partial charge in [0.25, 0.3) is 11.8 Å². The average molecular weight is 419 g/mol. The van der Waals surface area contributed by atoms with Gasteiger partial charge in [-0.2, -0.15) is 0 Å². The van der Waals surface area contributed by atoms with Crippen molar-refractivity contribution >= 4 is 39.3 Å². The van der Waals surface area contributed by atoms with Crippen LogP contribution < -0.4 is 10.6 Å². The van der Waals surface area contributed by atoms with Crippen molar-refractivity contribution in [2.75, 3.05) is 11.5 Å². The molecule has 8 heteroatoms. The van der Waals surface area contributed by atoms with Gasteiger partial charge in [-0.05, 0) is 30.2 Å². The van der Waals surface area contributed by atoms with Crippen LogP contribution in [0.25, 0.3) is 6.08 Å². The summed E-state index contributed by atoms with van der Waals surface area (Å²) in [5.74, 6) is -1.13. The van der Waals surface area contributed by atoms with E-state index in [4.69, 9.17) is 11.6 Å². The molecule has 0 bridgehead atoms. The lowest BCUT2D eigenvalue weighted by molar-refractivity contribution is -0.118. The molecule has 1 heterocycles. The lowest BCUT2D eigenvalue weighted by Crippen LogP contribution is -2.41. The zero-order chi connectivity index (χ0) is 20.1. The lowest BCUT2D eigenvalue weighted by atomic mass is 10.1. The molecule has 0 radical (unpaired) electrons. The van der Waals surface area contributed by atoms with Gasteiger partial charge >= 0.3 is 0 Å². The molecule has 28 heavy (non-hydrogen) atoms. The van der Waals surface area contributed by atoms with E-state index >= 15 is 0 Å². The monoisotopic (exact) mass is 418 g/mol. The molecule has 1 aliphatic heterocycles. The molecule has 0 spiro atoms. The Balaban J connectivity index is 1.83. The highest BCUT2D eigenvalue weighted by Crippen LogP contribution is 2.16. The molecule has 1 atom stereocenters. The van der Waals surface area contributed by atoms with Crippen LogP contribution in [0.1, 0.15) is 22.3 Å². The lowest BCUT2D eigenvalue weighted by Gasteiger charge is -2.15. The van der Waals surface area contributed by atoms with Gasteiger partial charge in [0.05, 0.1) is 22.1 Å². The first-order valence-corrected chi connectivity index (χ1v) is 10.9. The molecule has 2 N–H and O–H groups in total. The van der Waals surface area contributed by atoms with E-state index in [2.05, 4.69) is 10.6 Å². The predicted octanol–water partition coefficient (Wildman–Crippen LogP) is 2.41. The van der Waals surface area contributed by atoms with E-state index in [0.29, 0.717) is 12.0 Å². The number of sulfone groups is 1. The summed E-state index contributed by atoms with van der Waals surface area (Å²) in [5, 5.41) is 5.55. The normalized spacial score (nSPS) is 18.5. The summed E-state index contributed by atoms with van der Waals surface area (Å²) in [7, 11) is -3.14. The Labute approximate surface area is 168 Å². The van der Waals surface area contributed by atoms with E-state index in [9.17, 15) is 18.0 Å². The van der Waals surface area contributed by atoms with Gasteiger partial charge in [0.1, 0.15) is 5.70 Å². The molecule has 6 nitrogen and oxygen atoms in total. The maximum absolute atomic E-state index is 12.7. The summed E-state index contributed by atoms with van der Waals surface area (Å²) in [4.78, 5) is 25.3. The van der Waals surface area contributed by atoms with E-state index in [1.54, 1.807) is 48.5 Å². The van der Waals surface area contributed by atoms with Gasteiger partial charge in [0.15, 0.2) is 9.84 Å². The number of hydrogen-bond donors (Lipinski definition) is 2. The highest BCUT2D eigenvalue weighted by molar-refractivity contribution is 7.91. The van der Waals surface area contributed by atoms with Crippen LogP contribution in [0, 0.1) is 0 Å². The summed E-state index contributed by atoms with van der Waals surface area (Å²) >= 11 is 6.06. The van der Waals surface area contributed by atoms with Crippen molar-refractivity contribution in [2.24, 2.45) is 0 Å². The van der Waals surface area contributed by atoms with Crippen LogP contribution in [0.3, 0.4) is 0 Å². The molecule has 0 aromatic heterocycles. The molecular formula is C20H19ClN2O4S. The smallest absolute Gasteiger partial charge is 0.268 e. The fourth-order valence-corrected chi connectivity index (χ4v) is 4.78. The van der Waals surface area contributed by atoms with Gasteiger partial charge in [-0.1, -0.05) is 54.1 Å². The van der Waals surface area contributed by atoms with Gasteiger partial charge in [-0.15, -0.1) is 0 Å². The van der Waals surface area contributed by atoms with Crippen LogP contribution in [0.5, 0.6) is 0 Å². The van der Waals surface area contributed by atoms with Crippen molar-refractivity contribution < 1.29 is 18.0 Å². The van der Waals surface area contributed by atoms with Crippen LogP contribution in [-0.2, 0) is 14.6 Å². The number of amides is 2. The minimum Gasteiger partial charge on any atom is -0.347 e. The molecule has 3 rings (SSSR count). The van der Waals surface area contributed by atoms with E-state index in [-0.39, 0.29) is 27.8 Å². The van der Waals surface area contributed by atoms with Gasteiger partial charge in [-0.25, -0.2) is 8.42 Å². The third-order valence-corrected chi connectivity index (χ3v) is 6.39. The number of halogens is 1. The van der Waals surface area contributed by atoms with Crippen molar-refractivity contribution in [3.8, 4) is 0 Å². The first-order valence-electron chi connectivity index (χ1n) is 8.68. The Morgan fingerprint density at radius 2 is 1.71 bits per heavy atom. The van der Waals surface area contributed by atoms with Crippen LogP contribution in [0.4, 0.5) is 0 Å². The topological polar surface area (TPSA) is 92.3 Å². The van der Waals surface area contributed by atoms with Crippen LogP contribution in [-0.4, -0.2) is 37.8 Å². The molecular weight excluding hydrogens is 400 g/mol. The van der Waals surface area contributed by atoms with E-state index in [0.717, 1.165) is 0 Å². The maximum Gasteiger partial charge on any atom is 0.268 e. The van der Waals surface area contributed by atoms with Crippen molar-refractivity contribution in [3.63, 3.8) is 0 Å². The SMILES string of the molecule is O=C(NC1CCS(=O)(=O)C1)/C(=C\c1ccccc1)NC(=O)c1ccccc1Cl. The minimum absolute atomic E-state index is 0.0143. The zero-order valence-corrected chi connectivity index (χ0v) is 16.5. The Morgan fingerprint density at radius 3 is 2.36 bits per heavy atom. The first-order chi connectivity index (χ1) is 13.3. The highest BCUT2D eigenvalue weighted by Gasteiger charge is 2.30. The second kappa shape index (κ2) is 8.58. The molecule has 2 amide bonds. The molecule has 2 aromatic rings. The average Bonchev–Trinajstić information content (AvgIpc) is 3.00. The number of nitrogens with one attached hydrogen (secondary N) is 2. The van der Waals surface area contributed by atoms with Gasteiger partial charge in [-0.3, -0.25) is 9.59 Å². The van der Waals surface area contributed by atoms with Gasteiger partial charge < -0.3 is 10.6 Å². The third-order valence-electron chi connectivity index (χ3n) is 4.29. The fraction of sp³-hybridized carbons (Fsp3) is 0.200. The van der Waals surface area contributed by atoms with Crippen molar-refractivity contribution in [1.29, 1.82) is 0 Å². The molecule has 1 aliphatic rings. The van der Waals surface area contributed by atoms with Gasteiger partial charge in [0.2, 0.25) is 0 Å². The quantitative estimate of drug-likeness (QED) is 0.729. The van der Waals surface area contributed by atoms with Crippen molar-refractivity contribution in [2.45, 2.75) is 12.5 Å². The summed E-state index contributed by atoms with van der Waals surface area (Å²) in [6.07, 6.45) is 1.89. The second-order valence-electron chi connectivity index (χ2n) is 6.48.